The third kappa shape index (κ3) is 4.37. The van der Waals surface area contributed by atoms with E-state index in [1.165, 1.54) is 0 Å². The first-order valence-electron chi connectivity index (χ1n) is 6.16. The van der Waals surface area contributed by atoms with Gasteiger partial charge in [0, 0.05) is 19.3 Å². The lowest BCUT2D eigenvalue weighted by molar-refractivity contribution is -0.122. The maximum absolute atomic E-state index is 12.0. The van der Waals surface area contributed by atoms with Crippen molar-refractivity contribution in [1.82, 2.24) is 5.32 Å². The van der Waals surface area contributed by atoms with Crippen LogP contribution < -0.4 is 11.1 Å². The minimum Gasteiger partial charge on any atom is -0.399 e. The first kappa shape index (κ1) is 14.5. The van der Waals surface area contributed by atoms with Crippen LogP contribution >= 0.6 is 0 Å². The molecule has 2 unspecified atom stereocenters. The Morgan fingerprint density at radius 1 is 1.44 bits per heavy atom. The van der Waals surface area contributed by atoms with Gasteiger partial charge >= 0.3 is 0 Å². The average molecular weight is 250 g/mol. The molecule has 1 rings (SSSR count). The summed E-state index contributed by atoms with van der Waals surface area (Å²) in [5.41, 5.74) is 7.33. The zero-order chi connectivity index (χ0) is 13.5. The molecule has 0 radical (unpaired) electrons. The van der Waals surface area contributed by atoms with E-state index >= 15 is 0 Å². The van der Waals surface area contributed by atoms with Crippen LogP contribution in [0.4, 0.5) is 5.69 Å². The van der Waals surface area contributed by atoms with Crippen molar-refractivity contribution in [3.05, 3.63) is 29.8 Å². The van der Waals surface area contributed by atoms with E-state index in [9.17, 15) is 4.79 Å². The second kappa shape index (κ2) is 7.01. The Balaban J connectivity index is 2.51. The second-order valence-electron chi connectivity index (χ2n) is 4.70. The Kier molecular flexibility index (Phi) is 5.65. The average Bonchev–Trinajstić information content (AvgIpc) is 2.35. The van der Waals surface area contributed by atoms with Crippen molar-refractivity contribution in [2.45, 2.75) is 19.8 Å². The highest BCUT2D eigenvalue weighted by Crippen LogP contribution is 2.17. The molecule has 100 valence electrons. The SMILES string of the molecule is COCC(C)CNC(=O)C(C)c1cccc(N)c1. The molecule has 0 saturated heterocycles. The van der Waals surface area contributed by atoms with Crippen LogP contribution in [0.2, 0.25) is 0 Å². The van der Waals surface area contributed by atoms with Gasteiger partial charge in [0.25, 0.3) is 0 Å². The highest BCUT2D eigenvalue weighted by atomic mass is 16.5. The van der Waals surface area contributed by atoms with Gasteiger partial charge in [0.1, 0.15) is 0 Å². The number of carbonyl (C=O) groups excluding carboxylic acids is 1. The molecule has 0 bridgehead atoms. The molecule has 1 aromatic rings. The van der Waals surface area contributed by atoms with Crippen molar-refractivity contribution < 1.29 is 9.53 Å². The molecule has 2 atom stereocenters. The zero-order valence-electron chi connectivity index (χ0n) is 11.3. The Bertz CT molecular complexity index is 393. The van der Waals surface area contributed by atoms with Crippen LogP contribution in [0.1, 0.15) is 25.3 Å². The largest absolute Gasteiger partial charge is 0.399 e. The molecule has 1 amide bonds. The first-order valence-corrected chi connectivity index (χ1v) is 6.16. The maximum atomic E-state index is 12.0. The highest BCUT2D eigenvalue weighted by molar-refractivity contribution is 5.83. The number of nitrogens with two attached hydrogens (primary N) is 1. The number of amides is 1. The Labute approximate surface area is 109 Å². The molecule has 0 heterocycles. The number of anilines is 1. The summed E-state index contributed by atoms with van der Waals surface area (Å²) in [5.74, 6) is 0.138. The molecule has 0 aliphatic heterocycles. The van der Waals surface area contributed by atoms with Crippen LogP contribution in [0, 0.1) is 5.92 Å². The van der Waals surface area contributed by atoms with Crippen LogP contribution in [0.15, 0.2) is 24.3 Å². The van der Waals surface area contributed by atoms with E-state index in [0.29, 0.717) is 24.8 Å². The summed E-state index contributed by atoms with van der Waals surface area (Å²) in [6.45, 7) is 5.19. The second-order valence-corrected chi connectivity index (χ2v) is 4.70. The lowest BCUT2D eigenvalue weighted by atomic mass is 9.99. The normalized spacial score (nSPS) is 13.9. The zero-order valence-corrected chi connectivity index (χ0v) is 11.3. The molecule has 0 fully saturated rings. The molecule has 18 heavy (non-hydrogen) atoms. The number of benzene rings is 1. The standard InChI is InChI=1S/C14H22N2O2/c1-10(9-18-3)8-16-14(17)11(2)12-5-4-6-13(15)7-12/h4-7,10-11H,8-9,15H2,1-3H3,(H,16,17). The lowest BCUT2D eigenvalue weighted by Gasteiger charge is -2.15. The molecular formula is C14H22N2O2. The van der Waals surface area contributed by atoms with Gasteiger partial charge in [0.05, 0.1) is 12.5 Å². The van der Waals surface area contributed by atoms with Crippen molar-refractivity contribution in [1.29, 1.82) is 0 Å². The molecule has 3 N–H and O–H groups in total. The molecule has 4 nitrogen and oxygen atoms in total. The Morgan fingerprint density at radius 2 is 2.17 bits per heavy atom. The van der Waals surface area contributed by atoms with E-state index in [0.717, 1.165) is 5.56 Å². The molecule has 0 aromatic heterocycles. The highest BCUT2D eigenvalue weighted by Gasteiger charge is 2.15. The fourth-order valence-corrected chi connectivity index (χ4v) is 1.75. The van der Waals surface area contributed by atoms with Gasteiger partial charge in [-0.25, -0.2) is 0 Å². The number of ether oxygens (including phenoxy) is 1. The quantitative estimate of drug-likeness (QED) is 0.756. The third-order valence-electron chi connectivity index (χ3n) is 2.88. The fraction of sp³-hybridized carbons (Fsp3) is 0.500. The molecule has 0 spiro atoms. The molecule has 0 saturated carbocycles. The van der Waals surface area contributed by atoms with Crippen LogP contribution in [0.3, 0.4) is 0 Å². The van der Waals surface area contributed by atoms with E-state index in [1.54, 1.807) is 7.11 Å². The molecule has 0 aliphatic carbocycles. The minimum absolute atomic E-state index is 0.0172. The van der Waals surface area contributed by atoms with Crippen LogP contribution in [0.5, 0.6) is 0 Å². The smallest absolute Gasteiger partial charge is 0.227 e. The molecule has 0 aliphatic rings. The van der Waals surface area contributed by atoms with E-state index in [2.05, 4.69) is 5.32 Å². The van der Waals surface area contributed by atoms with Gasteiger partial charge in [-0.1, -0.05) is 19.1 Å². The maximum Gasteiger partial charge on any atom is 0.227 e. The summed E-state index contributed by atoms with van der Waals surface area (Å²) in [6.07, 6.45) is 0. The monoisotopic (exact) mass is 250 g/mol. The molecule has 1 aromatic carbocycles. The van der Waals surface area contributed by atoms with E-state index in [1.807, 2.05) is 38.1 Å². The molecule has 4 heteroatoms. The van der Waals surface area contributed by atoms with Gasteiger partial charge < -0.3 is 15.8 Å². The number of hydrogen-bond acceptors (Lipinski definition) is 3. The number of methoxy groups -OCH3 is 1. The third-order valence-corrected chi connectivity index (χ3v) is 2.88. The van der Waals surface area contributed by atoms with E-state index in [-0.39, 0.29) is 11.8 Å². The van der Waals surface area contributed by atoms with Crippen molar-refractivity contribution >= 4 is 11.6 Å². The predicted octanol–water partition coefficient (Wildman–Crippen LogP) is 1.77. The van der Waals surface area contributed by atoms with Gasteiger partial charge in [-0.05, 0) is 30.5 Å². The van der Waals surface area contributed by atoms with Gasteiger partial charge in [-0.15, -0.1) is 0 Å². The number of hydrogen-bond donors (Lipinski definition) is 2. The Morgan fingerprint density at radius 3 is 2.78 bits per heavy atom. The van der Waals surface area contributed by atoms with Crippen molar-refractivity contribution in [3.63, 3.8) is 0 Å². The summed E-state index contributed by atoms with van der Waals surface area (Å²) in [7, 11) is 1.66. The minimum atomic E-state index is -0.191. The number of carbonyl (C=O) groups is 1. The molecular weight excluding hydrogens is 228 g/mol. The topological polar surface area (TPSA) is 64.3 Å². The lowest BCUT2D eigenvalue weighted by Crippen LogP contribution is -2.32. The van der Waals surface area contributed by atoms with E-state index in [4.69, 9.17) is 10.5 Å². The number of nitrogens with one attached hydrogen (secondary N) is 1. The summed E-state index contributed by atoms with van der Waals surface area (Å²) < 4.78 is 5.03. The van der Waals surface area contributed by atoms with E-state index < -0.39 is 0 Å². The van der Waals surface area contributed by atoms with Crippen molar-refractivity contribution in [2.75, 3.05) is 26.0 Å². The van der Waals surface area contributed by atoms with Crippen molar-refractivity contribution in [2.24, 2.45) is 5.92 Å². The van der Waals surface area contributed by atoms with Crippen LogP contribution in [0.25, 0.3) is 0 Å². The first-order chi connectivity index (χ1) is 8.54. The van der Waals surface area contributed by atoms with Gasteiger partial charge in [0.2, 0.25) is 5.91 Å². The number of nitrogen functional groups attached to an aromatic ring is 1. The fourth-order valence-electron chi connectivity index (χ4n) is 1.75. The van der Waals surface area contributed by atoms with Gasteiger partial charge in [-0.2, -0.15) is 0 Å². The van der Waals surface area contributed by atoms with Crippen molar-refractivity contribution in [3.8, 4) is 0 Å². The van der Waals surface area contributed by atoms with Gasteiger partial charge in [0.15, 0.2) is 0 Å². The summed E-state index contributed by atoms with van der Waals surface area (Å²) in [5, 5.41) is 2.93. The number of rotatable bonds is 6. The predicted molar refractivity (Wildman–Crippen MR) is 73.3 cm³/mol. The Hall–Kier alpha value is -1.55. The van der Waals surface area contributed by atoms with Crippen LogP contribution in [-0.2, 0) is 9.53 Å². The van der Waals surface area contributed by atoms with Crippen LogP contribution in [-0.4, -0.2) is 26.2 Å². The summed E-state index contributed by atoms with van der Waals surface area (Å²) in [4.78, 5) is 12.0. The van der Waals surface area contributed by atoms with Gasteiger partial charge in [-0.3, -0.25) is 4.79 Å². The summed E-state index contributed by atoms with van der Waals surface area (Å²) >= 11 is 0. The summed E-state index contributed by atoms with van der Waals surface area (Å²) in [6, 6.07) is 7.43.